The first-order valence-corrected chi connectivity index (χ1v) is 12.1. The number of rotatable bonds is 2. The topological polar surface area (TPSA) is 44.8 Å². The number of ether oxygens (including phenoxy) is 2. The molecule has 0 aromatic rings. The van der Waals surface area contributed by atoms with Crippen molar-refractivity contribution in [3.05, 3.63) is 0 Å². The molecule has 0 radical (unpaired) electrons. The molecule has 5 heteroatoms. The Morgan fingerprint density at radius 3 is 2.59 bits per heavy atom. The summed E-state index contributed by atoms with van der Waals surface area (Å²) >= 11 is 1.50. The van der Waals surface area contributed by atoms with Crippen LogP contribution in [0.2, 0.25) is 0 Å². The molecular formula is C22H34O4S. The first-order valence-electron chi connectivity index (χ1n) is 10.9. The fraction of sp³-hybridized carbons (Fsp3) is 0.955. The summed E-state index contributed by atoms with van der Waals surface area (Å²) < 4.78 is 18.2. The van der Waals surface area contributed by atoms with Crippen molar-refractivity contribution in [2.45, 2.75) is 77.1 Å². The van der Waals surface area contributed by atoms with Crippen LogP contribution < -0.4 is 0 Å². The lowest BCUT2D eigenvalue weighted by Crippen LogP contribution is -2.60. The second-order valence-electron chi connectivity index (χ2n) is 10.2. The molecule has 7 atom stereocenters. The van der Waals surface area contributed by atoms with Gasteiger partial charge in [0, 0.05) is 30.4 Å². The van der Waals surface area contributed by atoms with Gasteiger partial charge in [0.1, 0.15) is 5.78 Å². The van der Waals surface area contributed by atoms with Gasteiger partial charge in [-0.15, -0.1) is 0 Å². The zero-order valence-corrected chi connectivity index (χ0v) is 17.8. The van der Waals surface area contributed by atoms with E-state index in [1.54, 1.807) is 0 Å². The Bertz CT molecular complexity index is 617. The number of Topliss-reactive ketones (excluding diaryl/α,β-unsaturated/α-hetero) is 1. The van der Waals surface area contributed by atoms with Crippen molar-refractivity contribution in [1.82, 2.24) is 0 Å². The fourth-order valence-corrected chi connectivity index (χ4v) is 8.58. The van der Waals surface area contributed by atoms with Gasteiger partial charge in [-0.2, -0.15) is 0 Å². The van der Waals surface area contributed by atoms with Crippen LogP contribution in [0.4, 0.5) is 0 Å². The van der Waals surface area contributed by atoms with Crippen molar-refractivity contribution >= 4 is 17.8 Å². The molecule has 1 saturated heterocycles. The van der Waals surface area contributed by atoms with Gasteiger partial charge in [-0.25, -0.2) is 0 Å². The lowest BCUT2D eigenvalue weighted by Gasteiger charge is -2.60. The predicted molar refractivity (Wildman–Crippen MR) is 105 cm³/mol. The van der Waals surface area contributed by atoms with Crippen LogP contribution in [0.1, 0.15) is 65.2 Å². The Balaban J connectivity index is 1.44. The molecule has 1 heterocycles. The summed E-state index contributed by atoms with van der Waals surface area (Å²) in [4.78, 5) is 13.6. The highest BCUT2D eigenvalue weighted by atomic mass is 32.2. The van der Waals surface area contributed by atoms with Crippen molar-refractivity contribution < 1.29 is 18.5 Å². The first-order chi connectivity index (χ1) is 12.9. The molecule has 5 fully saturated rings. The van der Waals surface area contributed by atoms with E-state index in [0.29, 0.717) is 49.3 Å². The van der Waals surface area contributed by atoms with Gasteiger partial charge in [-0.05, 0) is 73.7 Å². The highest BCUT2D eigenvalue weighted by Crippen LogP contribution is 2.68. The van der Waals surface area contributed by atoms with Gasteiger partial charge in [0.15, 0.2) is 5.79 Å². The zero-order valence-electron chi connectivity index (χ0n) is 17.0. The average Bonchev–Trinajstić information content (AvgIpc) is 3.22. The van der Waals surface area contributed by atoms with Crippen LogP contribution in [-0.2, 0) is 18.5 Å². The van der Waals surface area contributed by atoms with Crippen molar-refractivity contribution in [2.75, 3.05) is 19.5 Å². The Labute approximate surface area is 167 Å². The van der Waals surface area contributed by atoms with E-state index in [9.17, 15) is 4.79 Å². The number of carbonyl (C=O) groups is 1. The predicted octanol–water partition coefficient (Wildman–Crippen LogP) is 4.61. The van der Waals surface area contributed by atoms with Crippen LogP contribution in [-0.4, -0.2) is 37.1 Å². The third-order valence-corrected chi connectivity index (χ3v) is 9.80. The maximum atomic E-state index is 13.6. The SMILES string of the molecule is CSO[C@@H]1CC[C@]2(C)C3C(=O)C[C@@]4(C)C(CCC45OCCO5)C3CC[C@@H]2C1. The minimum atomic E-state index is -0.486. The third kappa shape index (κ3) is 2.50. The molecule has 5 aliphatic rings. The molecule has 152 valence electrons. The van der Waals surface area contributed by atoms with E-state index >= 15 is 0 Å². The highest BCUT2D eigenvalue weighted by molar-refractivity contribution is 7.93. The molecule has 0 amide bonds. The summed E-state index contributed by atoms with van der Waals surface area (Å²) in [5.74, 6) is 1.96. The maximum Gasteiger partial charge on any atom is 0.174 e. The second-order valence-corrected chi connectivity index (χ2v) is 10.8. The molecule has 0 N–H and O–H groups in total. The summed E-state index contributed by atoms with van der Waals surface area (Å²) in [6, 6.07) is 0. The van der Waals surface area contributed by atoms with E-state index in [1.165, 1.54) is 24.9 Å². The van der Waals surface area contributed by atoms with Crippen LogP contribution >= 0.6 is 12.0 Å². The van der Waals surface area contributed by atoms with Crippen molar-refractivity contribution in [3.63, 3.8) is 0 Å². The van der Waals surface area contributed by atoms with Crippen LogP contribution in [0.25, 0.3) is 0 Å². The summed E-state index contributed by atoms with van der Waals surface area (Å²) in [5.41, 5.74) is 0.0247. The van der Waals surface area contributed by atoms with Gasteiger partial charge in [-0.1, -0.05) is 13.8 Å². The Hall–Kier alpha value is -0.100. The van der Waals surface area contributed by atoms with Crippen molar-refractivity contribution in [3.8, 4) is 0 Å². The van der Waals surface area contributed by atoms with Gasteiger partial charge < -0.3 is 13.7 Å². The van der Waals surface area contributed by atoms with Gasteiger partial charge in [0.05, 0.1) is 19.3 Å². The van der Waals surface area contributed by atoms with E-state index in [-0.39, 0.29) is 16.7 Å². The van der Waals surface area contributed by atoms with Gasteiger partial charge in [0.25, 0.3) is 0 Å². The minimum absolute atomic E-state index is 0.135. The normalized spacial score (nSPS) is 51.1. The van der Waals surface area contributed by atoms with Gasteiger partial charge >= 0.3 is 0 Å². The fourth-order valence-electron chi connectivity index (χ4n) is 8.14. The Kier molecular flexibility index (Phi) is 4.51. The summed E-state index contributed by atoms with van der Waals surface area (Å²) in [5, 5.41) is 0. The molecule has 4 nitrogen and oxygen atoms in total. The average molecular weight is 395 g/mol. The standard InChI is InChI=1S/C22H34O4S/c1-20-8-6-15(26-27-3)12-14(20)4-5-16-17-7-9-22(24-10-11-25-22)21(17,2)13-18(23)19(16)20/h14-17,19H,4-13H2,1-3H3/t14-,15-,16?,17?,19?,20+,21+/m1/s1. The van der Waals surface area contributed by atoms with Crippen LogP contribution in [0.5, 0.6) is 0 Å². The van der Waals surface area contributed by atoms with E-state index in [1.807, 2.05) is 6.26 Å². The Morgan fingerprint density at radius 2 is 1.85 bits per heavy atom. The number of hydrogen-bond acceptors (Lipinski definition) is 5. The van der Waals surface area contributed by atoms with Crippen molar-refractivity contribution in [2.24, 2.45) is 34.5 Å². The van der Waals surface area contributed by atoms with Gasteiger partial charge in [0.2, 0.25) is 0 Å². The maximum absolute atomic E-state index is 13.6. The lowest BCUT2D eigenvalue weighted by atomic mass is 9.44. The van der Waals surface area contributed by atoms with Crippen molar-refractivity contribution in [1.29, 1.82) is 0 Å². The van der Waals surface area contributed by atoms with Crippen LogP contribution in [0, 0.1) is 34.5 Å². The summed E-state index contributed by atoms with van der Waals surface area (Å²) in [6.07, 6.45) is 11.0. The number of fused-ring (bicyclic) bond motifs is 6. The van der Waals surface area contributed by atoms with E-state index in [2.05, 4.69) is 13.8 Å². The second kappa shape index (κ2) is 6.45. The molecule has 1 aliphatic heterocycles. The van der Waals surface area contributed by atoms with Gasteiger partial charge in [-0.3, -0.25) is 4.79 Å². The number of carbonyl (C=O) groups excluding carboxylic acids is 1. The quantitative estimate of drug-likeness (QED) is 0.640. The molecule has 5 rings (SSSR count). The molecule has 4 saturated carbocycles. The molecule has 3 unspecified atom stereocenters. The van der Waals surface area contributed by atoms with E-state index in [0.717, 1.165) is 32.1 Å². The Morgan fingerprint density at radius 1 is 1.07 bits per heavy atom. The molecule has 0 aromatic heterocycles. The van der Waals surface area contributed by atoms with E-state index in [4.69, 9.17) is 13.7 Å². The smallest absolute Gasteiger partial charge is 0.174 e. The molecule has 0 aromatic carbocycles. The molecular weight excluding hydrogens is 360 g/mol. The first kappa shape index (κ1) is 18.9. The van der Waals surface area contributed by atoms with E-state index < -0.39 is 5.79 Å². The minimum Gasteiger partial charge on any atom is -0.347 e. The molecule has 1 spiro atoms. The number of hydrogen-bond donors (Lipinski definition) is 0. The zero-order chi connectivity index (χ0) is 18.9. The number of ketones is 1. The summed E-state index contributed by atoms with van der Waals surface area (Å²) in [7, 11) is 0. The monoisotopic (exact) mass is 394 g/mol. The summed E-state index contributed by atoms with van der Waals surface area (Å²) in [6.45, 7) is 6.09. The third-order valence-electron chi connectivity index (χ3n) is 9.34. The van der Waals surface area contributed by atoms with Crippen LogP contribution in [0.15, 0.2) is 0 Å². The largest absolute Gasteiger partial charge is 0.347 e. The lowest BCUT2D eigenvalue weighted by molar-refractivity contribution is -0.242. The molecule has 27 heavy (non-hydrogen) atoms. The van der Waals surface area contributed by atoms with Crippen LogP contribution in [0.3, 0.4) is 0 Å². The molecule has 0 bridgehead atoms. The molecule has 4 aliphatic carbocycles. The highest BCUT2D eigenvalue weighted by Gasteiger charge is 2.69.